The van der Waals surface area contributed by atoms with E-state index in [1.807, 2.05) is 46.0 Å². The molecule has 1 heterocycles. The molecule has 1 aliphatic heterocycles. The summed E-state index contributed by atoms with van der Waals surface area (Å²) >= 11 is 0. The van der Waals surface area contributed by atoms with Gasteiger partial charge in [0.05, 0.1) is 30.5 Å². The number of aliphatic hydroxyl groups is 1. The first-order valence-corrected chi connectivity index (χ1v) is 9.77. The predicted octanol–water partition coefficient (Wildman–Crippen LogP) is 2.94. The van der Waals surface area contributed by atoms with Crippen LogP contribution in [0.15, 0.2) is 23.2 Å². The van der Waals surface area contributed by atoms with E-state index < -0.39 is 23.8 Å². The lowest BCUT2D eigenvalue weighted by Crippen LogP contribution is -2.38. The molecule has 0 bridgehead atoms. The maximum absolute atomic E-state index is 12.2. The van der Waals surface area contributed by atoms with E-state index in [1.54, 1.807) is 7.11 Å². The molecule has 0 spiro atoms. The second-order valence-corrected chi connectivity index (χ2v) is 8.57. The summed E-state index contributed by atoms with van der Waals surface area (Å²) in [4.78, 5) is 19.2. The Kier molecular flexibility index (Phi) is 5.95. The van der Waals surface area contributed by atoms with E-state index in [9.17, 15) is 9.90 Å². The van der Waals surface area contributed by atoms with E-state index in [2.05, 4.69) is 10.2 Å². The Bertz CT molecular complexity index is 757. The van der Waals surface area contributed by atoms with Crippen LogP contribution in [0.4, 0.5) is 10.5 Å². The number of rotatable bonds is 4. The molecular formula is C21H31N3O4. The average Bonchev–Trinajstić information content (AvgIpc) is 3.08. The van der Waals surface area contributed by atoms with Gasteiger partial charge in [0, 0.05) is 27.0 Å². The Labute approximate surface area is 166 Å². The monoisotopic (exact) mass is 389 g/mol. The molecule has 2 aliphatic rings. The van der Waals surface area contributed by atoms with Crippen molar-refractivity contribution >= 4 is 17.6 Å². The summed E-state index contributed by atoms with van der Waals surface area (Å²) in [5, 5.41) is 13.2. The van der Waals surface area contributed by atoms with Crippen LogP contribution in [0.2, 0.25) is 0 Å². The number of nitrogens with one attached hydrogen (secondary N) is 1. The number of alkyl carbamates (subject to hydrolysis) is 1. The second kappa shape index (κ2) is 8.09. The van der Waals surface area contributed by atoms with Crippen LogP contribution in [0, 0.1) is 0 Å². The van der Waals surface area contributed by atoms with Gasteiger partial charge in [0.2, 0.25) is 0 Å². The number of amidine groups is 1. The molecule has 2 unspecified atom stereocenters. The molecule has 3 atom stereocenters. The Hall–Kier alpha value is -2.12. The van der Waals surface area contributed by atoms with Gasteiger partial charge in [-0.3, -0.25) is 0 Å². The number of methoxy groups -OCH3 is 1. The Balaban J connectivity index is 1.78. The maximum atomic E-state index is 12.2. The maximum Gasteiger partial charge on any atom is 0.408 e. The van der Waals surface area contributed by atoms with Gasteiger partial charge in [0.15, 0.2) is 0 Å². The van der Waals surface area contributed by atoms with Crippen LogP contribution in [0.25, 0.3) is 0 Å². The molecule has 1 fully saturated rings. The molecule has 1 aromatic rings. The lowest BCUT2D eigenvalue weighted by atomic mass is 10.1. The number of benzene rings is 1. The fourth-order valence-corrected chi connectivity index (χ4v) is 3.83. The largest absolute Gasteiger partial charge is 0.444 e. The first-order valence-electron chi connectivity index (χ1n) is 9.77. The van der Waals surface area contributed by atoms with Crippen LogP contribution >= 0.6 is 0 Å². The highest BCUT2D eigenvalue weighted by atomic mass is 16.6. The number of likely N-dealkylation sites (tertiary alicyclic amines) is 1. The number of hydrogen-bond acceptors (Lipinski definition) is 5. The van der Waals surface area contributed by atoms with Crippen molar-refractivity contribution in [2.24, 2.45) is 4.99 Å². The Morgan fingerprint density at radius 3 is 2.82 bits per heavy atom. The van der Waals surface area contributed by atoms with Crippen molar-refractivity contribution in [2.45, 2.75) is 63.8 Å². The zero-order chi connectivity index (χ0) is 20.5. The molecule has 0 saturated carbocycles. The number of ether oxygens (including phenoxy) is 2. The predicted molar refractivity (Wildman–Crippen MR) is 108 cm³/mol. The minimum Gasteiger partial charge on any atom is -0.444 e. The third kappa shape index (κ3) is 4.64. The van der Waals surface area contributed by atoms with Crippen LogP contribution in [0.5, 0.6) is 0 Å². The van der Waals surface area contributed by atoms with Gasteiger partial charge in [-0.25, -0.2) is 9.79 Å². The standard InChI is InChI=1S/C21H31N3O4/c1-21(2,3)28-20(26)23-19-16-11-14(7-6-13(16)10-17(19)25)22-18-9-8-15(12-27-5)24(18)4/h6-7,11,15,17,19,25H,8-10,12H2,1-5H3,(H,23,26)/t15-,17?,19?/m1/s1. The molecule has 1 amide bonds. The number of likely N-dealkylation sites (N-methyl/N-ethyl adjacent to an activating group) is 1. The van der Waals surface area contributed by atoms with Gasteiger partial charge in [-0.2, -0.15) is 0 Å². The lowest BCUT2D eigenvalue weighted by molar-refractivity contribution is 0.0438. The van der Waals surface area contributed by atoms with Gasteiger partial charge in [-0.15, -0.1) is 0 Å². The third-order valence-electron chi connectivity index (χ3n) is 5.22. The third-order valence-corrected chi connectivity index (χ3v) is 5.22. The zero-order valence-corrected chi connectivity index (χ0v) is 17.4. The number of aliphatic hydroxyl groups excluding tert-OH is 1. The first-order chi connectivity index (χ1) is 13.2. The fraction of sp³-hybridized carbons (Fsp3) is 0.619. The molecule has 154 valence electrons. The molecule has 0 aromatic heterocycles. The average molecular weight is 389 g/mol. The van der Waals surface area contributed by atoms with Crippen LogP contribution < -0.4 is 5.32 Å². The Morgan fingerprint density at radius 1 is 1.39 bits per heavy atom. The van der Waals surface area contributed by atoms with Crippen molar-refractivity contribution in [1.29, 1.82) is 0 Å². The first kappa shape index (κ1) is 20.6. The smallest absolute Gasteiger partial charge is 0.408 e. The lowest BCUT2D eigenvalue weighted by Gasteiger charge is -2.23. The zero-order valence-electron chi connectivity index (χ0n) is 17.4. The summed E-state index contributed by atoms with van der Waals surface area (Å²) in [6.45, 7) is 6.13. The van der Waals surface area contributed by atoms with E-state index in [0.29, 0.717) is 19.1 Å². The summed E-state index contributed by atoms with van der Waals surface area (Å²) in [5.41, 5.74) is 2.16. The van der Waals surface area contributed by atoms with Crippen LogP contribution in [-0.4, -0.2) is 60.4 Å². The highest BCUT2D eigenvalue weighted by Crippen LogP contribution is 2.35. The van der Waals surface area contributed by atoms with Crippen molar-refractivity contribution in [3.63, 3.8) is 0 Å². The minimum atomic E-state index is -0.675. The number of carbonyl (C=O) groups is 1. The molecule has 1 aliphatic carbocycles. The number of nitrogens with zero attached hydrogens (tertiary/aromatic N) is 2. The number of carbonyl (C=O) groups excluding carboxylic acids is 1. The van der Waals surface area contributed by atoms with E-state index in [1.165, 1.54) is 0 Å². The van der Waals surface area contributed by atoms with Crippen molar-refractivity contribution in [3.8, 4) is 0 Å². The molecule has 3 rings (SSSR count). The number of aliphatic imine (C=N–C) groups is 1. The molecular weight excluding hydrogens is 358 g/mol. The molecule has 2 N–H and O–H groups in total. The van der Waals surface area contributed by atoms with Crippen LogP contribution in [0.3, 0.4) is 0 Å². The molecule has 7 heteroatoms. The summed E-state index contributed by atoms with van der Waals surface area (Å²) in [5.74, 6) is 1.03. The van der Waals surface area contributed by atoms with Crippen molar-refractivity contribution in [2.75, 3.05) is 20.8 Å². The van der Waals surface area contributed by atoms with Crippen molar-refractivity contribution in [3.05, 3.63) is 29.3 Å². The summed E-state index contributed by atoms with van der Waals surface area (Å²) in [7, 11) is 3.76. The van der Waals surface area contributed by atoms with Crippen LogP contribution in [-0.2, 0) is 15.9 Å². The summed E-state index contributed by atoms with van der Waals surface area (Å²) < 4.78 is 10.6. The van der Waals surface area contributed by atoms with E-state index >= 15 is 0 Å². The highest BCUT2D eigenvalue weighted by Gasteiger charge is 2.34. The number of fused-ring (bicyclic) bond motifs is 1. The van der Waals surface area contributed by atoms with Gasteiger partial charge < -0.3 is 24.8 Å². The molecule has 1 aromatic carbocycles. The summed E-state index contributed by atoms with van der Waals surface area (Å²) in [6, 6.07) is 5.76. The molecule has 7 nitrogen and oxygen atoms in total. The highest BCUT2D eigenvalue weighted by molar-refractivity contribution is 5.87. The van der Waals surface area contributed by atoms with E-state index in [0.717, 1.165) is 35.5 Å². The number of amides is 1. The van der Waals surface area contributed by atoms with Crippen LogP contribution in [0.1, 0.15) is 50.8 Å². The van der Waals surface area contributed by atoms with E-state index in [4.69, 9.17) is 14.5 Å². The quantitative estimate of drug-likeness (QED) is 0.827. The SMILES string of the molecule is COC[C@H]1CCC(=Nc2ccc3c(c2)C(NC(=O)OC(C)(C)C)C(O)C3)N1C. The van der Waals surface area contributed by atoms with Crippen molar-refractivity contribution < 1.29 is 19.4 Å². The number of hydrogen-bond donors (Lipinski definition) is 2. The normalized spacial score (nSPS) is 25.9. The van der Waals surface area contributed by atoms with Crippen molar-refractivity contribution in [1.82, 2.24) is 10.2 Å². The van der Waals surface area contributed by atoms with E-state index in [-0.39, 0.29) is 0 Å². The minimum absolute atomic E-state index is 0.349. The van der Waals surface area contributed by atoms with Gasteiger partial charge in [-0.1, -0.05) is 6.07 Å². The second-order valence-electron chi connectivity index (χ2n) is 8.57. The summed E-state index contributed by atoms with van der Waals surface area (Å²) in [6.07, 6.45) is 1.23. The molecule has 1 saturated heterocycles. The fourth-order valence-electron chi connectivity index (χ4n) is 3.83. The van der Waals surface area contributed by atoms with Gasteiger partial charge in [0.1, 0.15) is 11.4 Å². The van der Waals surface area contributed by atoms with Gasteiger partial charge in [0.25, 0.3) is 0 Å². The van der Waals surface area contributed by atoms with Gasteiger partial charge in [-0.05, 0) is 50.5 Å². The molecule has 28 heavy (non-hydrogen) atoms. The Morgan fingerprint density at radius 2 is 2.14 bits per heavy atom. The molecule has 0 radical (unpaired) electrons. The van der Waals surface area contributed by atoms with Gasteiger partial charge >= 0.3 is 6.09 Å². The topological polar surface area (TPSA) is 83.4 Å².